The second-order valence-corrected chi connectivity index (χ2v) is 4.55. The van der Waals surface area contributed by atoms with Crippen molar-refractivity contribution in [1.29, 1.82) is 0 Å². The van der Waals surface area contributed by atoms with Crippen LogP contribution < -0.4 is 0 Å². The zero-order valence-electron chi connectivity index (χ0n) is 9.99. The largest absolute Gasteiger partial charge is 0.289 e. The number of ketones is 1. The van der Waals surface area contributed by atoms with Crippen molar-refractivity contribution in [1.82, 2.24) is 0 Å². The molecule has 0 saturated carbocycles. The van der Waals surface area contributed by atoms with Gasteiger partial charge in [-0.15, -0.1) is 0 Å². The maximum absolute atomic E-state index is 13.4. The van der Waals surface area contributed by atoms with Gasteiger partial charge in [0.15, 0.2) is 17.4 Å². The molecule has 1 aliphatic carbocycles. The highest BCUT2D eigenvalue weighted by Crippen LogP contribution is 2.41. The third-order valence-corrected chi connectivity index (χ3v) is 3.42. The van der Waals surface area contributed by atoms with Gasteiger partial charge in [0.25, 0.3) is 0 Å². The molecule has 0 spiro atoms. The van der Waals surface area contributed by atoms with E-state index in [9.17, 15) is 13.6 Å². The number of Topliss-reactive ketones (excluding diaryl/α,β-unsaturated/α-hetero) is 1. The van der Waals surface area contributed by atoms with Crippen molar-refractivity contribution >= 4 is 5.78 Å². The fourth-order valence-electron chi connectivity index (χ4n) is 2.52. The van der Waals surface area contributed by atoms with Crippen LogP contribution in [0.1, 0.15) is 27.4 Å². The monoisotopic (exact) mass is 256 g/mol. The first-order valence-corrected chi connectivity index (χ1v) is 5.87. The summed E-state index contributed by atoms with van der Waals surface area (Å²) in [6, 6.07) is 11.3. The van der Waals surface area contributed by atoms with Crippen LogP contribution in [0.25, 0.3) is 0 Å². The molecule has 1 unspecified atom stereocenters. The Bertz CT molecular complexity index is 689. The topological polar surface area (TPSA) is 17.1 Å². The number of fused-ring (bicyclic) bond motifs is 1. The first-order valence-electron chi connectivity index (χ1n) is 5.87. The van der Waals surface area contributed by atoms with Gasteiger partial charge in [-0.05, 0) is 23.3 Å². The lowest BCUT2D eigenvalue weighted by Crippen LogP contribution is -2.00. The van der Waals surface area contributed by atoms with E-state index in [0.717, 1.165) is 17.7 Å². The van der Waals surface area contributed by atoms with E-state index in [-0.39, 0.29) is 11.3 Å². The lowest BCUT2D eigenvalue weighted by atomic mass is 9.90. The van der Waals surface area contributed by atoms with Crippen LogP contribution in [0.15, 0.2) is 54.6 Å². The van der Waals surface area contributed by atoms with E-state index in [1.807, 2.05) is 30.3 Å². The molecule has 0 aromatic heterocycles. The van der Waals surface area contributed by atoms with Gasteiger partial charge in [-0.25, -0.2) is 8.78 Å². The molecule has 0 amide bonds. The number of carbonyl (C=O) groups excluding carboxylic acids is 1. The predicted molar refractivity (Wildman–Crippen MR) is 68.1 cm³/mol. The van der Waals surface area contributed by atoms with Crippen LogP contribution >= 0.6 is 0 Å². The van der Waals surface area contributed by atoms with Crippen LogP contribution in [0.5, 0.6) is 0 Å². The minimum absolute atomic E-state index is 0.206. The number of hydrogen-bond donors (Lipinski definition) is 0. The number of rotatable bonds is 1. The highest BCUT2D eigenvalue weighted by atomic mass is 19.2. The average molecular weight is 256 g/mol. The van der Waals surface area contributed by atoms with E-state index >= 15 is 0 Å². The predicted octanol–water partition coefficient (Wildman–Crippen LogP) is 3.85. The van der Waals surface area contributed by atoms with Crippen molar-refractivity contribution in [3.05, 3.63) is 82.9 Å². The summed E-state index contributed by atoms with van der Waals surface area (Å²) in [6.45, 7) is 3.77. The van der Waals surface area contributed by atoms with Crippen molar-refractivity contribution in [2.24, 2.45) is 0 Å². The van der Waals surface area contributed by atoms with Gasteiger partial charge in [-0.1, -0.05) is 36.9 Å². The molecule has 94 valence electrons. The quantitative estimate of drug-likeness (QED) is 0.708. The molecule has 0 heterocycles. The zero-order chi connectivity index (χ0) is 13.6. The molecule has 3 rings (SSSR count). The Morgan fingerprint density at radius 1 is 1.00 bits per heavy atom. The maximum atomic E-state index is 13.4. The first kappa shape index (κ1) is 11.8. The Labute approximate surface area is 109 Å². The van der Waals surface area contributed by atoms with Gasteiger partial charge in [-0.3, -0.25) is 4.79 Å². The SMILES string of the molecule is C=C1C(=O)c2cc(F)c(F)cc2C1c1ccccc1. The van der Waals surface area contributed by atoms with E-state index in [2.05, 4.69) is 6.58 Å². The van der Waals surface area contributed by atoms with Crippen LogP contribution in [0.2, 0.25) is 0 Å². The number of allylic oxidation sites excluding steroid dienone is 1. The molecule has 3 heteroatoms. The summed E-state index contributed by atoms with van der Waals surface area (Å²) < 4.78 is 26.6. The smallest absolute Gasteiger partial charge is 0.189 e. The molecule has 2 aromatic carbocycles. The summed E-state index contributed by atoms with van der Waals surface area (Å²) >= 11 is 0. The Balaban J connectivity index is 2.23. The summed E-state index contributed by atoms with van der Waals surface area (Å²) in [5, 5.41) is 0. The van der Waals surface area contributed by atoms with Crippen LogP contribution in [-0.4, -0.2) is 5.78 Å². The molecule has 1 nitrogen and oxygen atoms in total. The highest BCUT2D eigenvalue weighted by molar-refractivity contribution is 6.14. The van der Waals surface area contributed by atoms with Gasteiger partial charge >= 0.3 is 0 Å². The van der Waals surface area contributed by atoms with E-state index in [0.29, 0.717) is 11.1 Å². The summed E-state index contributed by atoms with van der Waals surface area (Å²) in [5.74, 6) is -2.66. The second-order valence-electron chi connectivity index (χ2n) is 4.55. The van der Waals surface area contributed by atoms with E-state index in [1.54, 1.807) is 0 Å². The number of hydrogen-bond acceptors (Lipinski definition) is 1. The summed E-state index contributed by atoms with van der Waals surface area (Å²) in [6.07, 6.45) is 0. The van der Waals surface area contributed by atoms with Gasteiger partial charge in [0.05, 0.1) is 0 Å². The molecule has 19 heavy (non-hydrogen) atoms. The molecular formula is C16H10F2O. The molecule has 2 aromatic rings. The fraction of sp³-hybridized carbons (Fsp3) is 0.0625. The third-order valence-electron chi connectivity index (χ3n) is 3.42. The van der Waals surface area contributed by atoms with Gasteiger partial charge in [0, 0.05) is 17.1 Å². The molecule has 0 saturated heterocycles. The molecule has 0 bridgehead atoms. The van der Waals surface area contributed by atoms with Crippen molar-refractivity contribution < 1.29 is 13.6 Å². The summed E-state index contributed by atoms with van der Waals surface area (Å²) in [4.78, 5) is 12.1. The number of halogens is 2. The van der Waals surface area contributed by atoms with Crippen molar-refractivity contribution in [3.63, 3.8) is 0 Å². The second kappa shape index (κ2) is 4.12. The van der Waals surface area contributed by atoms with E-state index in [4.69, 9.17) is 0 Å². The Morgan fingerprint density at radius 3 is 2.32 bits per heavy atom. The van der Waals surface area contributed by atoms with Crippen LogP contribution in [-0.2, 0) is 0 Å². The molecule has 1 aliphatic rings. The first-order chi connectivity index (χ1) is 9.09. The third kappa shape index (κ3) is 1.70. The van der Waals surface area contributed by atoms with E-state index in [1.165, 1.54) is 0 Å². The molecular weight excluding hydrogens is 246 g/mol. The number of carbonyl (C=O) groups is 1. The standard InChI is InChI=1S/C16H10F2O/c1-9-15(10-5-3-2-4-6-10)11-7-13(17)14(18)8-12(11)16(9)19/h2-8,15H,1H2. The van der Waals surface area contributed by atoms with Gasteiger partial charge in [-0.2, -0.15) is 0 Å². The average Bonchev–Trinajstić information content (AvgIpc) is 2.64. The molecule has 0 radical (unpaired) electrons. The normalized spacial score (nSPS) is 17.7. The minimum atomic E-state index is -1.01. The van der Waals surface area contributed by atoms with Crippen molar-refractivity contribution in [2.75, 3.05) is 0 Å². The minimum Gasteiger partial charge on any atom is -0.289 e. The van der Waals surface area contributed by atoms with E-state index < -0.39 is 17.6 Å². The van der Waals surface area contributed by atoms with Crippen LogP contribution in [0.3, 0.4) is 0 Å². The van der Waals surface area contributed by atoms with Crippen molar-refractivity contribution in [3.8, 4) is 0 Å². The Morgan fingerprint density at radius 2 is 1.63 bits per heavy atom. The summed E-state index contributed by atoms with van der Waals surface area (Å²) in [5.41, 5.74) is 1.90. The Kier molecular flexibility index (Phi) is 2.56. The van der Waals surface area contributed by atoms with Crippen LogP contribution in [0, 0.1) is 11.6 Å². The molecule has 0 fully saturated rings. The lowest BCUT2D eigenvalue weighted by molar-refractivity contribution is 0.103. The maximum Gasteiger partial charge on any atom is 0.189 e. The Hall–Kier alpha value is -2.29. The van der Waals surface area contributed by atoms with Gasteiger partial charge < -0.3 is 0 Å². The number of benzene rings is 2. The molecule has 0 N–H and O–H groups in total. The molecule has 0 aliphatic heterocycles. The zero-order valence-corrected chi connectivity index (χ0v) is 9.99. The fourth-order valence-corrected chi connectivity index (χ4v) is 2.52. The van der Waals surface area contributed by atoms with Crippen LogP contribution in [0.4, 0.5) is 8.78 Å². The van der Waals surface area contributed by atoms with Crippen molar-refractivity contribution in [2.45, 2.75) is 5.92 Å². The van der Waals surface area contributed by atoms with Gasteiger partial charge in [0.2, 0.25) is 0 Å². The molecule has 1 atom stereocenters. The van der Waals surface area contributed by atoms with Gasteiger partial charge in [0.1, 0.15) is 0 Å². The summed E-state index contributed by atoms with van der Waals surface area (Å²) in [7, 11) is 0. The highest BCUT2D eigenvalue weighted by Gasteiger charge is 2.35. The lowest BCUT2D eigenvalue weighted by Gasteiger charge is -2.12.